The highest BCUT2D eigenvalue weighted by molar-refractivity contribution is 5.90. The van der Waals surface area contributed by atoms with Crippen LogP contribution in [0.3, 0.4) is 0 Å². The van der Waals surface area contributed by atoms with Gasteiger partial charge in [0.05, 0.1) is 19.4 Å². The van der Waals surface area contributed by atoms with Gasteiger partial charge in [0, 0.05) is 12.6 Å². The van der Waals surface area contributed by atoms with Gasteiger partial charge in [0.25, 0.3) is 0 Å². The summed E-state index contributed by atoms with van der Waals surface area (Å²) in [4.78, 5) is 14.2. The molecule has 0 aromatic carbocycles. The van der Waals surface area contributed by atoms with Crippen LogP contribution in [0.5, 0.6) is 0 Å². The minimum Gasteiger partial charge on any atom is -0.467 e. The van der Waals surface area contributed by atoms with E-state index >= 15 is 0 Å². The van der Waals surface area contributed by atoms with Gasteiger partial charge in [0.15, 0.2) is 0 Å². The number of carbonyl (C=O) groups excluding carboxylic acids is 1. The van der Waals surface area contributed by atoms with E-state index < -0.39 is 0 Å². The first-order valence-electron chi connectivity index (χ1n) is 7.33. The Bertz CT molecular complexity index is 444. The number of carbonyl (C=O) groups is 1. The minimum absolute atomic E-state index is 0.309. The number of nitrogens with two attached hydrogens (primary N) is 1. The number of rotatable bonds is 5. The summed E-state index contributed by atoms with van der Waals surface area (Å²) >= 11 is 0. The van der Waals surface area contributed by atoms with Crippen LogP contribution in [0.4, 0.5) is 0 Å². The number of likely N-dealkylation sites (tertiary alicyclic amines) is 1. The third kappa shape index (κ3) is 3.41. The maximum Gasteiger partial charge on any atom is 0.341 e. The van der Waals surface area contributed by atoms with Gasteiger partial charge in [-0.05, 0) is 45.2 Å². The van der Waals surface area contributed by atoms with Crippen LogP contribution in [0.25, 0.3) is 0 Å². The number of hydrogen-bond acceptors (Lipinski definition) is 5. The molecule has 1 saturated heterocycles. The normalized spacial score (nSPS) is 23.8. The SMILES string of the molecule is CCOC(=O)c1ccoc1CN1CC(CN)CCC1C. The quantitative estimate of drug-likeness (QED) is 0.836. The van der Waals surface area contributed by atoms with Gasteiger partial charge in [0.1, 0.15) is 11.3 Å². The van der Waals surface area contributed by atoms with E-state index in [2.05, 4.69) is 11.8 Å². The predicted octanol–water partition coefficient (Wildman–Crippen LogP) is 2.02. The van der Waals surface area contributed by atoms with E-state index in [-0.39, 0.29) is 5.97 Å². The van der Waals surface area contributed by atoms with Crippen LogP contribution in [0, 0.1) is 5.92 Å². The van der Waals surface area contributed by atoms with Crippen LogP contribution in [0.1, 0.15) is 42.8 Å². The number of esters is 1. The molecule has 2 unspecified atom stereocenters. The fraction of sp³-hybridized carbons (Fsp3) is 0.667. The highest BCUT2D eigenvalue weighted by Crippen LogP contribution is 2.24. The summed E-state index contributed by atoms with van der Waals surface area (Å²) in [6, 6.07) is 2.17. The fourth-order valence-corrected chi connectivity index (χ4v) is 2.71. The molecule has 1 fully saturated rings. The summed E-state index contributed by atoms with van der Waals surface area (Å²) in [5, 5.41) is 0. The first kappa shape index (κ1) is 15.1. The zero-order valence-corrected chi connectivity index (χ0v) is 12.3. The lowest BCUT2D eigenvalue weighted by atomic mass is 9.93. The smallest absolute Gasteiger partial charge is 0.341 e. The summed E-state index contributed by atoms with van der Waals surface area (Å²) in [5.74, 6) is 0.913. The van der Waals surface area contributed by atoms with E-state index in [4.69, 9.17) is 14.9 Å². The van der Waals surface area contributed by atoms with Crippen molar-refractivity contribution in [1.29, 1.82) is 0 Å². The molecule has 1 aromatic heterocycles. The Morgan fingerprint density at radius 1 is 1.55 bits per heavy atom. The zero-order chi connectivity index (χ0) is 14.5. The molecule has 0 spiro atoms. The Morgan fingerprint density at radius 2 is 2.35 bits per heavy atom. The van der Waals surface area contributed by atoms with Crippen LogP contribution in [-0.2, 0) is 11.3 Å². The number of ether oxygens (including phenoxy) is 1. The summed E-state index contributed by atoms with van der Waals surface area (Å²) < 4.78 is 10.5. The van der Waals surface area contributed by atoms with Crippen molar-refractivity contribution in [2.75, 3.05) is 19.7 Å². The third-order valence-electron chi connectivity index (χ3n) is 4.03. The summed E-state index contributed by atoms with van der Waals surface area (Å²) in [7, 11) is 0. The number of nitrogens with zero attached hydrogens (tertiary/aromatic N) is 1. The van der Waals surface area contributed by atoms with E-state index in [0.29, 0.717) is 43.0 Å². The first-order valence-corrected chi connectivity index (χ1v) is 7.33. The molecule has 0 aliphatic carbocycles. The molecule has 2 N–H and O–H groups in total. The summed E-state index contributed by atoms with van der Waals surface area (Å²) in [6.07, 6.45) is 3.87. The van der Waals surface area contributed by atoms with E-state index in [1.807, 2.05) is 0 Å². The van der Waals surface area contributed by atoms with Crippen molar-refractivity contribution in [3.63, 3.8) is 0 Å². The highest BCUT2D eigenvalue weighted by Gasteiger charge is 2.27. The topological polar surface area (TPSA) is 68.7 Å². The van der Waals surface area contributed by atoms with Crippen LogP contribution in [0.2, 0.25) is 0 Å². The maximum absolute atomic E-state index is 11.8. The van der Waals surface area contributed by atoms with Crippen molar-refractivity contribution < 1.29 is 13.9 Å². The van der Waals surface area contributed by atoms with E-state index in [1.165, 1.54) is 6.42 Å². The van der Waals surface area contributed by atoms with Gasteiger partial charge < -0.3 is 14.9 Å². The Balaban J connectivity index is 2.05. The maximum atomic E-state index is 11.8. The van der Waals surface area contributed by atoms with Gasteiger partial charge in [-0.2, -0.15) is 0 Å². The van der Waals surface area contributed by atoms with Gasteiger partial charge in [-0.25, -0.2) is 4.79 Å². The molecular weight excluding hydrogens is 256 g/mol. The van der Waals surface area contributed by atoms with E-state index in [0.717, 1.165) is 13.0 Å². The van der Waals surface area contributed by atoms with Crippen LogP contribution in [0.15, 0.2) is 16.7 Å². The van der Waals surface area contributed by atoms with Gasteiger partial charge in [-0.3, -0.25) is 4.90 Å². The molecule has 1 aliphatic rings. The lowest BCUT2D eigenvalue weighted by Crippen LogP contribution is -2.43. The molecule has 2 atom stereocenters. The second-order valence-corrected chi connectivity index (χ2v) is 5.44. The molecule has 0 radical (unpaired) electrons. The molecule has 112 valence electrons. The average Bonchev–Trinajstić information content (AvgIpc) is 2.90. The molecule has 20 heavy (non-hydrogen) atoms. The minimum atomic E-state index is -0.309. The lowest BCUT2D eigenvalue weighted by Gasteiger charge is -2.37. The largest absolute Gasteiger partial charge is 0.467 e. The molecule has 0 bridgehead atoms. The van der Waals surface area contributed by atoms with Crippen LogP contribution in [-0.4, -0.2) is 36.6 Å². The fourth-order valence-electron chi connectivity index (χ4n) is 2.71. The third-order valence-corrected chi connectivity index (χ3v) is 4.03. The number of piperidine rings is 1. The monoisotopic (exact) mass is 280 g/mol. The van der Waals surface area contributed by atoms with Crippen molar-refractivity contribution in [3.8, 4) is 0 Å². The van der Waals surface area contributed by atoms with Crippen molar-refractivity contribution >= 4 is 5.97 Å². The molecule has 1 aliphatic heterocycles. The van der Waals surface area contributed by atoms with Crippen LogP contribution < -0.4 is 5.73 Å². The second kappa shape index (κ2) is 6.90. The Labute approximate surface area is 120 Å². The number of furan rings is 1. The molecule has 0 amide bonds. The Kier molecular flexibility index (Phi) is 5.20. The molecule has 2 heterocycles. The van der Waals surface area contributed by atoms with Gasteiger partial charge in [-0.15, -0.1) is 0 Å². The molecular formula is C15H24N2O3. The van der Waals surface area contributed by atoms with Crippen LogP contribution >= 0.6 is 0 Å². The predicted molar refractivity (Wildman–Crippen MR) is 76.3 cm³/mol. The van der Waals surface area contributed by atoms with Gasteiger partial charge >= 0.3 is 5.97 Å². The highest BCUT2D eigenvalue weighted by atomic mass is 16.5. The molecule has 1 aromatic rings. The average molecular weight is 280 g/mol. The van der Waals surface area contributed by atoms with Gasteiger partial charge in [-0.1, -0.05) is 0 Å². The van der Waals surface area contributed by atoms with Crippen molar-refractivity contribution in [2.24, 2.45) is 11.7 Å². The standard InChI is InChI=1S/C15H24N2O3/c1-3-19-15(18)13-6-7-20-14(13)10-17-9-12(8-16)5-4-11(17)2/h6-7,11-12H,3-5,8-10,16H2,1-2H3. The van der Waals surface area contributed by atoms with E-state index in [1.54, 1.807) is 19.3 Å². The van der Waals surface area contributed by atoms with Crippen molar-refractivity contribution in [3.05, 3.63) is 23.7 Å². The number of hydrogen-bond donors (Lipinski definition) is 1. The zero-order valence-electron chi connectivity index (χ0n) is 12.3. The first-order chi connectivity index (χ1) is 9.65. The van der Waals surface area contributed by atoms with E-state index in [9.17, 15) is 4.79 Å². The molecule has 5 heteroatoms. The summed E-state index contributed by atoms with van der Waals surface area (Å²) in [6.45, 7) is 6.69. The van der Waals surface area contributed by atoms with Crippen molar-refractivity contribution in [1.82, 2.24) is 4.90 Å². The van der Waals surface area contributed by atoms with Crippen molar-refractivity contribution in [2.45, 2.75) is 39.3 Å². The summed E-state index contributed by atoms with van der Waals surface area (Å²) in [5.41, 5.74) is 6.31. The molecule has 2 rings (SSSR count). The Morgan fingerprint density at radius 3 is 3.05 bits per heavy atom. The Hall–Kier alpha value is -1.33. The second-order valence-electron chi connectivity index (χ2n) is 5.44. The molecule has 5 nitrogen and oxygen atoms in total. The molecule has 0 saturated carbocycles. The lowest BCUT2D eigenvalue weighted by molar-refractivity contribution is 0.0517. The van der Waals surface area contributed by atoms with Gasteiger partial charge in [0.2, 0.25) is 0 Å².